The number of carboxylic acids is 2. The van der Waals surface area contributed by atoms with Gasteiger partial charge in [-0.2, -0.15) is 0 Å². The van der Waals surface area contributed by atoms with E-state index in [0.29, 0.717) is 38.8 Å². The highest BCUT2D eigenvalue weighted by Crippen LogP contribution is 1.91. The lowest BCUT2D eigenvalue weighted by Crippen LogP contribution is -2.30. The molecule has 0 amide bonds. The van der Waals surface area contributed by atoms with E-state index < -0.39 is 24.0 Å². The molecule has 0 aliphatic carbocycles. The summed E-state index contributed by atoms with van der Waals surface area (Å²) in [6.07, 6.45) is 2.28. The van der Waals surface area contributed by atoms with Gasteiger partial charge in [0.1, 0.15) is 12.1 Å². The smallest absolute Gasteiger partial charge is 0.320 e. The molecule has 2 atom stereocenters. The SMILES string of the molecule is NCCC[C@@H](N)C(=O)O.NCCC[C@H](N)C(=O)O.O. The van der Waals surface area contributed by atoms with Crippen LogP contribution in [0.25, 0.3) is 0 Å². The molecule has 0 fully saturated rings. The van der Waals surface area contributed by atoms with Crippen LogP contribution in [0.4, 0.5) is 0 Å². The van der Waals surface area contributed by atoms with E-state index >= 15 is 0 Å². The van der Waals surface area contributed by atoms with E-state index in [1.807, 2.05) is 0 Å². The lowest BCUT2D eigenvalue weighted by molar-refractivity contribution is -0.139. The third-order valence-electron chi connectivity index (χ3n) is 2.07. The van der Waals surface area contributed by atoms with Crippen molar-refractivity contribution < 1.29 is 25.3 Å². The second kappa shape index (κ2) is 14.8. The maximum absolute atomic E-state index is 10.0. The number of carbonyl (C=O) groups is 2. The fraction of sp³-hybridized carbons (Fsp3) is 0.800. The van der Waals surface area contributed by atoms with Crippen LogP contribution in [-0.4, -0.2) is 52.8 Å². The van der Waals surface area contributed by atoms with Gasteiger partial charge in [0.15, 0.2) is 0 Å². The maximum atomic E-state index is 10.0. The van der Waals surface area contributed by atoms with Gasteiger partial charge in [-0.1, -0.05) is 0 Å². The van der Waals surface area contributed by atoms with Gasteiger partial charge >= 0.3 is 11.9 Å². The first-order valence-electron chi connectivity index (χ1n) is 5.73. The van der Waals surface area contributed by atoms with Crippen LogP contribution < -0.4 is 22.9 Å². The summed E-state index contributed by atoms with van der Waals surface area (Å²) >= 11 is 0. The van der Waals surface area contributed by atoms with Crippen molar-refractivity contribution in [3.63, 3.8) is 0 Å². The highest BCUT2D eigenvalue weighted by atomic mass is 16.4. The van der Waals surface area contributed by atoms with Crippen molar-refractivity contribution in [3.8, 4) is 0 Å². The van der Waals surface area contributed by atoms with Crippen molar-refractivity contribution in [2.45, 2.75) is 37.8 Å². The minimum atomic E-state index is -0.955. The minimum absolute atomic E-state index is 0. The van der Waals surface area contributed by atoms with Crippen LogP contribution in [0.2, 0.25) is 0 Å². The number of carboxylic acid groups (broad SMARTS) is 2. The molecule has 9 heteroatoms. The van der Waals surface area contributed by atoms with Crippen LogP contribution in [0.3, 0.4) is 0 Å². The molecule has 0 aromatic rings. The molecule has 0 saturated heterocycles. The number of nitrogens with two attached hydrogens (primary N) is 4. The summed E-state index contributed by atoms with van der Waals surface area (Å²) < 4.78 is 0. The highest BCUT2D eigenvalue weighted by Gasteiger charge is 2.09. The minimum Gasteiger partial charge on any atom is -0.480 e. The van der Waals surface area contributed by atoms with Gasteiger partial charge in [0.25, 0.3) is 0 Å². The van der Waals surface area contributed by atoms with Crippen molar-refractivity contribution in [2.75, 3.05) is 13.1 Å². The Labute approximate surface area is 112 Å². The Morgan fingerprint density at radius 2 is 1.11 bits per heavy atom. The van der Waals surface area contributed by atoms with Crippen LogP contribution >= 0.6 is 0 Å². The van der Waals surface area contributed by atoms with E-state index in [2.05, 4.69) is 0 Å². The van der Waals surface area contributed by atoms with Crippen molar-refractivity contribution in [1.82, 2.24) is 0 Å². The number of aliphatic carboxylic acids is 2. The summed E-state index contributed by atoms with van der Waals surface area (Å²) in [5, 5.41) is 16.5. The quantitative estimate of drug-likeness (QED) is 0.278. The van der Waals surface area contributed by atoms with Gasteiger partial charge in [-0.3, -0.25) is 9.59 Å². The first kappa shape index (κ1) is 22.9. The topological polar surface area (TPSA) is 210 Å². The molecule has 0 saturated carbocycles. The number of hydrogen-bond donors (Lipinski definition) is 6. The summed E-state index contributed by atoms with van der Waals surface area (Å²) in [4.78, 5) is 20.1. The van der Waals surface area contributed by atoms with Gasteiger partial charge in [0.2, 0.25) is 0 Å². The van der Waals surface area contributed by atoms with E-state index in [1.165, 1.54) is 0 Å². The molecule has 0 aliphatic heterocycles. The lowest BCUT2D eigenvalue weighted by atomic mass is 10.2. The monoisotopic (exact) mass is 282 g/mol. The zero-order chi connectivity index (χ0) is 14.6. The van der Waals surface area contributed by atoms with Crippen LogP contribution in [0.15, 0.2) is 0 Å². The molecular weight excluding hydrogens is 256 g/mol. The van der Waals surface area contributed by atoms with E-state index in [9.17, 15) is 9.59 Å². The predicted molar refractivity (Wildman–Crippen MR) is 71.4 cm³/mol. The lowest BCUT2D eigenvalue weighted by Gasteiger charge is -2.02. The Morgan fingerprint density at radius 3 is 1.26 bits per heavy atom. The van der Waals surface area contributed by atoms with Gasteiger partial charge in [-0.25, -0.2) is 0 Å². The van der Waals surface area contributed by atoms with Crippen LogP contribution in [-0.2, 0) is 9.59 Å². The zero-order valence-corrected chi connectivity index (χ0v) is 10.9. The molecule has 0 aliphatic rings. The maximum Gasteiger partial charge on any atom is 0.320 e. The fourth-order valence-corrected chi connectivity index (χ4v) is 0.922. The van der Waals surface area contributed by atoms with Crippen molar-refractivity contribution in [1.29, 1.82) is 0 Å². The third-order valence-corrected chi connectivity index (χ3v) is 2.07. The highest BCUT2D eigenvalue weighted by molar-refractivity contribution is 5.73. The second-order valence-electron chi connectivity index (χ2n) is 3.75. The second-order valence-corrected chi connectivity index (χ2v) is 3.75. The number of rotatable bonds is 8. The molecule has 12 N–H and O–H groups in total. The summed E-state index contributed by atoms with van der Waals surface area (Å²) in [6.45, 7) is 1.00. The molecule has 19 heavy (non-hydrogen) atoms. The van der Waals surface area contributed by atoms with Gasteiger partial charge in [0, 0.05) is 0 Å². The molecule has 0 aromatic carbocycles. The Bertz CT molecular complexity index is 216. The molecule has 9 nitrogen and oxygen atoms in total. The zero-order valence-electron chi connectivity index (χ0n) is 10.9. The third kappa shape index (κ3) is 16.7. The average Bonchev–Trinajstić information content (AvgIpc) is 2.33. The normalized spacial score (nSPS) is 12.4. The Hall–Kier alpha value is -1.26. The van der Waals surface area contributed by atoms with Gasteiger partial charge in [-0.05, 0) is 38.8 Å². The molecule has 0 aromatic heterocycles. The van der Waals surface area contributed by atoms with E-state index in [0.717, 1.165) is 0 Å². The molecule has 0 heterocycles. The molecule has 0 spiro atoms. The molecule has 0 radical (unpaired) electrons. The summed E-state index contributed by atoms with van der Waals surface area (Å²) in [7, 11) is 0. The molecule has 0 rings (SSSR count). The van der Waals surface area contributed by atoms with Crippen LogP contribution in [0, 0.1) is 0 Å². The van der Waals surface area contributed by atoms with E-state index in [4.69, 9.17) is 33.1 Å². The molecule has 0 bridgehead atoms. The first-order valence-corrected chi connectivity index (χ1v) is 5.73. The van der Waals surface area contributed by atoms with E-state index in [-0.39, 0.29) is 5.48 Å². The standard InChI is InChI=1S/2C5H12N2O2.H2O/c2*6-3-1-2-4(7)5(8)9;/h2*4H,1-3,6-7H2,(H,8,9);1H2/t2*4-;/m10./s1. The van der Waals surface area contributed by atoms with Crippen molar-refractivity contribution >= 4 is 11.9 Å². The first-order chi connectivity index (χ1) is 8.36. The fourth-order valence-electron chi connectivity index (χ4n) is 0.922. The Morgan fingerprint density at radius 1 is 0.842 bits per heavy atom. The largest absolute Gasteiger partial charge is 0.480 e. The van der Waals surface area contributed by atoms with Crippen molar-refractivity contribution in [3.05, 3.63) is 0 Å². The molecule has 116 valence electrons. The van der Waals surface area contributed by atoms with Gasteiger partial charge in [0.05, 0.1) is 0 Å². The van der Waals surface area contributed by atoms with Crippen molar-refractivity contribution in [2.24, 2.45) is 22.9 Å². The molecule has 0 unspecified atom stereocenters. The summed E-state index contributed by atoms with van der Waals surface area (Å²) in [5.41, 5.74) is 20.6. The van der Waals surface area contributed by atoms with Crippen LogP contribution in [0.5, 0.6) is 0 Å². The summed E-state index contributed by atoms with van der Waals surface area (Å²) in [6, 6.07) is -1.48. The number of hydrogen-bond acceptors (Lipinski definition) is 6. The Kier molecular flexibility index (Phi) is 17.8. The van der Waals surface area contributed by atoms with Gasteiger partial charge < -0.3 is 38.6 Å². The average molecular weight is 282 g/mol. The summed E-state index contributed by atoms with van der Waals surface area (Å²) in [5.74, 6) is -1.91. The Balaban J connectivity index is -0.000000256. The van der Waals surface area contributed by atoms with Crippen LogP contribution in [0.1, 0.15) is 25.7 Å². The van der Waals surface area contributed by atoms with E-state index in [1.54, 1.807) is 0 Å². The predicted octanol–water partition coefficient (Wildman–Crippen LogP) is -2.55. The van der Waals surface area contributed by atoms with Gasteiger partial charge in [-0.15, -0.1) is 0 Å². The molecular formula is C10H26N4O5.